The van der Waals surface area contributed by atoms with Crippen LogP contribution in [0.4, 0.5) is 0 Å². The zero-order valence-electron chi connectivity index (χ0n) is 11.5. The molecule has 2 aliphatic carbocycles. The Morgan fingerprint density at radius 3 is 2.68 bits per heavy atom. The van der Waals surface area contributed by atoms with Gasteiger partial charge in [0.1, 0.15) is 0 Å². The number of carbonyl (C=O) groups is 2. The number of aliphatic hydroxyl groups is 1. The molecule has 0 aromatic carbocycles. The Bertz CT molecular complexity index is 488. The molecule has 0 aromatic heterocycles. The molecular formula is C15H20O4. The molecule has 0 heterocycles. The van der Waals surface area contributed by atoms with Crippen LogP contribution in [0.25, 0.3) is 0 Å². The summed E-state index contributed by atoms with van der Waals surface area (Å²) in [5, 5.41) is 19.2. The number of carboxylic acid groups (broad SMARTS) is 1. The van der Waals surface area contributed by atoms with Crippen LogP contribution in [0.3, 0.4) is 0 Å². The van der Waals surface area contributed by atoms with Gasteiger partial charge in [0.15, 0.2) is 5.78 Å². The van der Waals surface area contributed by atoms with Gasteiger partial charge in [0.05, 0.1) is 12.0 Å². The van der Waals surface area contributed by atoms with E-state index in [4.69, 9.17) is 5.11 Å². The Kier molecular flexibility index (Phi) is 3.39. The zero-order chi connectivity index (χ0) is 14.4. The molecule has 0 radical (unpaired) electrons. The lowest BCUT2D eigenvalue weighted by atomic mass is 9.60. The van der Waals surface area contributed by atoms with E-state index >= 15 is 0 Å². The van der Waals surface area contributed by atoms with Crippen molar-refractivity contribution in [1.29, 1.82) is 0 Å². The highest BCUT2D eigenvalue weighted by molar-refractivity contribution is 6.08. The molecule has 0 unspecified atom stereocenters. The fourth-order valence-corrected chi connectivity index (χ4v) is 3.07. The lowest BCUT2D eigenvalue weighted by Crippen LogP contribution is -2.41. The van der Waals surface area contributed by atoms with Gasteiger partial charge in [-0.1, -0.05) is 19.9 Å². The van der Waals surface area contributed by atoms with Crippen molar-refractivity contribution in [3.63, 3.8) is 0 Å². The second-order valence-corrected chi connectivity index (χ2v) is 5.90. The fraction of sp³-hybridized carbons (Fsp3) is 0.600. The second kappa shape index (κ2) is 4.60. The first-order valence-electron chi connectivity index (χ1n) is 6.67. The van der Waals surface area contributed by atoms with E-state index in [-0.39, 0.29) is 11.7 Å². The van der Waals surface area contributed by atoms with Crippen LogP contribution in [-0.4, -0.2) is 28.1 Å². The molecule has 1 saturated carbocycles. The van der Waals surface area contributed by atoms with Crippen molar-refractivity contribution in [3.8, 4) is 0 Å². The number of aliphatic carboxylic acids is 1. The number of carbonyl (C=O) groups excluding carboxylic acids is 1. The van der Waals surface area contributed by atoms with Gasteiger partial charge >= 0.3 is 5.97 Å². The zero-order valence-corrected chi connectivity index (χ0v) is 11.5. The maximum atomic E-state index is 12.1. The van der Waals surface area contributed by atoms with Gasteiger partial charge in [-0.2, -0.15) is 0 Å². The normalized spacial score (nSPS) is 36.1. The molecule has 1 fully saturated rings. The first-order valence-corrected chi connectivity index (χ1v) is 6.67. The average Bonchev–Trinajstić information content (AvgIpc) is 2.35. The predicted molar refractivity (Wildman–Crippen MR) is 70.5 cm³/mol. The summed E-state index contributed by atoms with van der Waals surface area (Å²) in [4.78, 5) is 23.2. The van der Waals surface area contributed by atoms with Crippen molar-refractivity contribution in [3.05, 3.63) is 23.3 Å². The Morgan fingerprint density at radius 1 is 1.47 bits per heavy atom. The van der Waals surface area contributed by atoms with E-state index in [1.165, 1.54) is 13.0 Å². The number of hydrogen-bond acceptors (Lipinski definition) is 3. The molecule has 0 bridgehead atoms. The van der Waals surface area contributed by atoms with Crippen molar-refractivity contribution in [1.82, 2.24) is 0 Å². The third kappa shape index (κ3) is 2.14. The summed E-state index contributed by atoms with van der Waals surface area (Å²) in [6, 6.07) is 0. The van der Waals surface area contributed by atoms with Gasteiger partial charge in [-0.25, -0.2) is 0 Å². The molecule has 2 N–H and O–H groups in total. The molecule has 0 aromatic rings. The van der Waals surface area contributed by atoms with E-state index in [0.29, 0.717) is 12.0 Å². The first-order chi connectivity index (χ1) is 8.77. The van der Waals surface area contributed by atoms with Crippen LogP contribution in [0.5, 0.6) is 0 Å². The van der Waals surface area contributed by atoms with Gasteiger partial charge < -0.3 is 10.2 Å². The van der Waals surface area contributed by atoms with Crippen LogP contribution in [0.1, 0.15) is 33.6 Å². The molecule has 19 heavy (non-hydrogen) atoms. The van der Waals surface area contributed by atoms with Crippen LogP contribution in [-0.2, 0) is 9.59 Å². The molecule has 4 heteroatoms. The summed E-state index contributed by atoms with van der Waals surface area (Å²) in [6.45, 7) is 5.58. The quantitative estimate of drug-likeness (QED) is 0.799. The van der Waals surface area contributed by atoms with Gasteiger partial charge in [-0.05, 0) is 37.3 Å². The first kappa shape index (κ1) is 14.0. The number of aliphatic hydroxyl groups excluding tert-OH is 1. The standard InChI is InChI=1S/C15H20O4/c1-8-4-5-12(16)11-6-13(17)10(7-15(8,11)3)9(2)14(18)19/h6-9,12,16H,4-5H2,1-3H3,(H,18,19)/t8-,9+,12+,15+/m0/s1. The smallest absolute Gasteiger partial charge is 0.310 e. The van der Waals surface area contributed by atoms with E-state index in [0.717, 1.165) is 12.0 Å². The van der Waals surface area contributed by atoms with E-state index in [1.54, 1.807) is 6.08 Å². The Morgan fingerprint density at radius 2 is 2.11 bits per heavy atom. The maximum Gasteiger partial charge on any atom is 0.310 e. The molecule has 104 valence electrons. The maximum absolute atomic E-state index is 12.1. The van der Waals surface area contributed by atoms with Gasteiger partial charge in [-0.15, -0.1) is 0 Å². The minimum absolute atomic E-state index is 0.282. The van der Waals surface area contributed by atoms with E-state index in [1.807, 2.05) is 6.92 Å². The van der Waals surface area contributed by atoms with E-state index in [2.05, 4.69) is 6.92 Å². The molecule has 0 saturated heterocycles. The summed E-state index contributed by atoms with van der Waals surface area (Å²) < 4.78 is 0. The number of fused-ring (bicyclic) bond motifs is 1. The van der Waals surface area contributed by atoms with Crippen molar-refractivity contribution in [2.24, 2.45) is 17.3 Å². The minimum atomic E-state index is -0.996. The van der Waals surface area contributed by atoms with Crippen molar-refractivity contribution in [2.75, 3.05) is 0 Å². The Hall–Kier alpha value is -1.42. The molecule has 4 atom stereocenters. The molecule has 4 nitrogen and oxygen atoms in total. The number of ketones is 1. The van der Waals surface area contributed by atoms with Crippen molar-refractivity contribution in [2.45, 2.75) is 39.7 Å². The van der Waals surface area contributed by atoms with Gasteiger partial charge in [0, 0.05) is 11.0 Å². The summed E-state index contributed by atoms with van der Waals surface area (Å²) in [5.74, 6) is -1.81. The van der Waals surface area contributed by atoms with Crippen LogP contribution in [0.15, 0.2) is 23.3 Å². The Balaban J connectivity index is 2.47. The highest BCUT2D eigenvalue weighted by Crippen LogP contribution is 2.49. The third-order valence-corrected chi connectivity index (χ3v) is 4.74. The molecule has 2 rings (SSSR count). The Labute approximate surface area is 112 Å². The lowest BCUT2D eigenvalue weighted by Gasteiger charge is -2.44. The van der Waals surface area contributed by atoms with Crippen LogP contribution >= 0.6 is 0 Å². The second-order valence-electron chi connectivity index (χ2n) is 5.90. The largest absolute Gasteiger partial charge is 0.481 e. The molecule has 0 amide bonds. The van der Waals surface area contributed by atoms with Gasteiger partial charge in [0.25, 0.3) is 0 Å². The van der Waals surface area contributed by atoms with Crippen LogP contribution in [0, 0.1) is 17.3 Å². The van der Waals surface area contributed by atoms with Crippen molar-refractivity contribution < 1.29 is 19.8 Å². The fourth-order valence-electron chi connectivity index (χ4n) is 3.07. The SMILES string of the molecule is C[C@@H](C(=O)O)C1=C[C@@]2(C)C(=CC1=O)[C@H](O)CC[C@@H]2C. The van der Waals surface area contributed by atoms with Gasteiger partial charge in [0.2, 0.25) is 0 Å². The van der Waals surface area contributed by atoms with E-state index < -0.39 is 23.4 Å². The van der Waals surface area contributed by atoms with E-state index in [9.17, 15) is 14.7 Å². The highest BCUT2D eigenvalue weighted by Gasteiger charge is 2.44. The predicted octanol–water partition coefficient (Wildman–Crippen LogP) is 1.94. The topological polar surface area (TPSA) is 74.6 Å². The van der Waals surface area contributed by atoms with Crippen molar-refractivity contribution >= 4 is 11.8 Å². The molecule has 2 aliphatic rings. The number of rotatable bonds is 2. The monoisotopic (exact) mass is 264 g/mol. The number of hydrogen-bond donors (Lipinski definition) is 2. The summed E-state index contributed by atoms with van der Waals surface area (Å²) in [7, 11) is 0. The molecular weight excluding hydrogens is 244 g/mol. The average molecular weight is 264 g/mol. The van der Waals surface area contributed by atoms with Gasteiger partial charge in [-0.3, -0.25) is 9.59 Å². The summed E-state index contributed by atoms with van der Waals surface area (Å²) in [5.41, 5.74) is 0.655. The number of allylic oxidation sites excluding steroid dienone is 2. The summed E-state index contributed by atoms with van der Waals surface area (Å²) >= 11 is 0. The molecule has 0 aliphatic heterocycles. The summed E-state index contributed by atoms with van der Waals surface area (Å²) in [6.07, 6.45) is 4.16. The highest BCUT2D eigenvalue weighted by atomic mass is 16.4. The third-order valence-electron chi connectivity index (χ3n) is 4.74. The molecule has 0 spiro atoms. The van der Waals surface area contributed by atoms with Crippen LogP contribution in [0.2, 0.25) is 0 Å². The lowest BCUT2D eigenvalue weighted by molar-refractivity contribution is -0.140. The number of carboxylic acids is 1. The van der Waals surface area contributed by atoms with Crippen LogP contribution < -0.4 is 0 Å². The minimum Gasteiger partial charge on any atom is -0.481 e.